The van der Waals surface area contributed by atoms with Crippen LogP contribution in [0.4, 0.5) is 4.79 Å². The third-order valence-corrected chi connectivity index (χ3v) is 9.98. The maximum Gasteiger partial charge on any atom is 0.407 e. The predicted molar refractivity (Wildman–Crippen MR) is 200 cm³/mol. The summed E-state index contributed by atoms with van der Waals surface area (Å²) in [7, 11) is 1.64. The minimum atomic E-state index is -0.975. The number of hydrazine groups is 1. The number of ether oxygens (including phenoxy) is 6. The zero-order chi connectivity index (χ0) is 39.8. The number of benzene rings is 1. The number of hydrogen-bond donors (Lipinski definition) is 6. The fourth-order valence-corrected chi connectivity index (χ4v) is 6.97. The number of carbonyl (C=O) groups excluding carboxylic acids is 5. The van der Waals surface area contributed by atoms with Crippen LogP contribution in [0, 0.1) is 5.92 Å². The molecule has 7 atom stereocenters. The number of hydrogen-bond acceptors (Lipinski definition) is 14. The van der Waals surface area contributed by atoms with Crippen molar-refractivity contribution in [2.24, 2.45) is 11.7 Å². The first-order chi connectivity index (χ1) is 26.4. The van der Waals surface area contributed by atoms with Crippen LogP contribution in [0.25, 0.3) is 0 Å². The van der Waals surface area contributed by atoms with Crippen LogP contribution in [-0.2, 0) is 54.0 Å². The fraction of sp³-hybridized carbons (Fsp3) is 0.658. The second-order valence-electron chi connectivity index (χ2n) is 14.3. The molecule has 1 aliphatic carbocycles. The first kappa shape index (κ1) is 43.9. The van der Waals surface area contributed by atoms with Gasteiger partial charge in [0.25, 0.3) is 0 Å². The maximum absolute atomic E-state index is 12.8. The van der Waals surface area contributed by atoms with Crippen LogP contribution >= 0.6 is 0 Å². The standard InChI is InChI=1S/C38H58N6O11/c1-25(2)10-11-30-37(3,55-30)35-34(50-4)29(12-13-38(35)24-53-38)54-36(49)41-15-17-52-19-18-51-16-14-40-32(47)23-43-44-27(20-26-8-6-5-7-9-26)33(48)28(45)22-42-31(46)21-39/h5-10,27,29-30,34-35,43-44H,11-24,39H2,1-4H3,(H,40,47)(H,41,49)(H,42,46)/t27-,29?,30+,34?,35?,37?,38-/m0/s1. The van der Waals surface area contributed by atoms with E-state index in [1.165, 1.54) is 5.57 Å². The number of Topliss-reactive ketones (excluding diaryl/α,β-unsaturated/α-hetero) is 2. The third-order valence-electron chi connectivity index (χ3n) is 9.98. The van der Waals surface area contributed by atoms with Gasteiger partial charge in [-0.15, -0.1) is 0 Å². The van der Waals surface area contributed by atoms with Crippen LogP contribution in [0.15, 0.2) is 42.0 Å². The van der Waals surface area contributed by atoms with Gasteiger partial charge in [0, 0.05) is 20.2 Å². The number of carbonyl (C=O) groups is 5. The summed E-state index contributed by atoms with van der Waals surface area (Å²) < 4.78 is 35.0. The number of allylic oxidation sites excluding steroid dienone is 1. The zero-order valence-corrected chi connectivity index (χ0v) is 32.3. The Labute approximate surface area is 322 Å². The number of ketones is 2. The van der Waals surface area contributed by atoms with E-state index in [0.29, 0.717) is 13.0 Å². The lowest BCUT2D eigenvalue weighted by atomic mass is 9.68. The van der Waals surface area contributed by atoms with Crippen molar-refractivity contribution in [3.05, 3.63) is 47.5 Å². The molecule has 306 valence electrons. The van der Waals surface area contributed by atoms with Crippen LogP contribution in [0.5, 0.6) is 0 Å². The van der Waals surface area contributed by atoms with Crippen molar-refractivity contribution in [3.63, 3.8) is 0 Å². The molecule has 1 aromatic rings. The van der Waals surface area contributed by atoms with Gasteiger partial charge < -0.3 is 50.1 Å². The Bertz CT molecular complexity index is 1470. The molecule has 2 heterocycles. The number of nitrogens with one attached hydrogen (secondary N) is 5. The molecular weight excluding hydrogens is 716 g/mol. The topological polar surface area (TPSA) is 234 Å². The van der Waals surface area contributed by atoms with Gasteiger partial charge in [0.15, 0.2) is 0 Å². The Hall–Kier alpha value is -3.81. The molecule has 3 aliphatic rings. The van der Waals surface area contributed by atoms with Crippen LogP contribution in [0.3, 0.4) is 0 Å². The van der Waals surface area contributed by atoms with Gasteiger partial charge in [0.2, 0.25) is 23.4 Å². The lowest BCUT2D eigenvalue weighted by Gasteiger charge is -2.42. The second-order valence-corrected chi connectivity index (χ2v) is 14.3. The number of methoxy groups -OCH3 is 1. The average Bonchev–Trinajstić information content (AvgIpc) is 4.09. The largest absolute Gasteiger partial charge is 0.443 e. The highest BCUT2D eigenvalue weighted by atomic mass is 16.6. The maximum atomic E-state index is 12.8. The molecule has 4 rings (SSSR count). The quantitative estimate of drug-likeness (QED) is 0.0250. The molecule has 3 amide bonds. The lowest BCUT2D eigenvalue weighted by molar-refractivity contribution is -0.138. The van der Waals surface area contributed by atoms with Crippen molar-refractivity contribution < 1.29 is 52.4 Å². The van der Waals surface area contributed by atoms with E-state index in [2.05, 4.69) is 53.6 Å². The fourth-order valence-electron chi connectivity index (χ4n) is 6.97. The number of amides is 3. The third kappa shape index (κ3) is 13.4. The molecule has 55 heavy (non-hydrogen) atoms. The minimum absolute atomic E-state index is 0.0547. The number of rotatable bonds is 25. The average molecular weight is 775 g/mol. The molecule has 17 nitrogen and oxygen atoms in total. The lowest BCUT2D eigenvalue weighted by Crippen LogP contribution is -2.56. The molecule has 1 aromatic carbocycles. The summed E-state index contributed by atoms with van der Waals surface area (Å²) in [5.74, 6) is -2.52. The Balaban J connectivity index is 1.05. The predicted octanol–water partition coefficient (Wildman–Crippen LogP) is -0.143. The van der Waals surface area contributed by atoms with Crippen molar-refractivity contribution >= 4 is 29.5 Å². The van der Waals surface area contributed by atoms with Gasteiger partial charge in [-0.05, 0) is 52.0 Å². The highest BCUT2D eigenvalue weighted by Crippen LogP contribution is 2.59. The summed E-state index contributed by atoms with van der Waals surface area (Å²) in [6.45, 7) is 7.49. The summed E-state index contributed by atoms with van der Waals surface area (Å²) in [6.07, 6.45) is 3.32. The van der Waals surface area contributed by atoms with Crippen molar-refractivity contribution in [2.75, 3.05) is 72.9 Å². The summed E-state index contributed by atoms with van der Waals surface area (Å²) >= 11 is 0. The molecular formula is C38H58N6O11. The number of nitrogens with two attached hydrogens (primary N) is 1. The van der Waals surface area contributed by atoms with Crippen LogP contribution in [-0.4, -0.2) is 138 Å². The van der Waals surface area contributed by atoms with E-state index in [-0.39, 0.29) is 88.7 Å². The van der Waals surface area contributed by atoms with Crippen molar-refractivity contribution in [1.29, 1.82) is 0 Å². The summed E-state index contributed by atoms with van der Waals surface area (Å²) in [4.78, 5) is 61.6. The minimum Gasteiger partial charge on any atom is -0.443 e. The van der Waals surface area contributed by atoms with Crippen LogP contribution in [0.1, 0.15) is 45.6 Å². The van der Waals surface area contributed by atoms with E-state index >= 15 is 0 Å². The van der Waals surface area contributed by atoms with Gasteiger partial charge in [-0.3, -0.25) is 19.2 Å². The molecule has 0 radical (unpaired) electrons. The smallest absolute Gasteiger partial charge is 0.407 e. The van der Waals surface area contributed by atoms with Crippen LogP contribution < -0.4 is 32.5 Å². The Morgan fingerprint density at radius 3 is 2.29 bits per heavy atom. The van der Waals surface area contributed by atoms with Crippen molar-refractivity contribution in [3.8, 4) is 0 Å². The first-order valence-electron chi connectivity index (χ1n) is 18.8. The Kier molecular flexibility index (Phi) is 17.2. The van der Waals surface area contributed by atoms with Crippen molar-refractivity contribution in [2.45, 2.75) is 82.0 Å². The second kappa shape index (κ2) is 21.5. The Morgan fingerprint density at radius 1 is 0.964 bits per heavy atom. The van der Waals surface area contributed by atoms with Gasteiger partial charge in [-0.1, -0.05) is 42.0 Å². The van der Waals surface area contributed by atoms with Crippen LogP contribution in [0.2, 0.25) is 0 Å². The molecule has 1 saturated carbocycles. The molecule has 3 fully saturated rings. The van der Waals surface area contributed by atoms with Gasteiger partial charge in [-0.25, -0.2) is 15.6 Å². The van der Waals surface area contributed by atoms with Gasteiger partial charge in [0.05, 0.1) is 70.7 Å². The highest BCUT2D eigenvalue weighted by molar-refractivity contribution is 6.40. The molecule has 1 spiro atoms. The summed E-state index contributed by atoms with van der Waals surface area (Å²) in [5, 5.41) is 7.72. The van der Waals surface area contributed by atoms with E-state index in [0.717, 1.165) is 18.4 Å². The van der Waals surface area contributed by atoms with Gasteiger partial charge in [-0.2, -0.15) is 0 Å². The van der Waals surface area contributed by atoms with E-state index in [9.17, 15) is 24.0 Å². The monoisotopic (exact) mass is 774 g/mol. The number of alkyl carbamates (subject to hydrolysis) is 1. The van der Waals surface area contributed by atoms with E-state index in [1.54, 1.807) is 19.2 Å². The summed E-state index contributed by atoms with van der Waals surface area (Å²) in [6, 6.07) is 8.09. The van der Waals surface area contributed by atoms with E-state index < -0.39 is 47.9 Å². The molecule has 0 bridgehead atoms. The van der Waals surface area contributed by atoms with Gasteiger partial charge in [0.1, 0.15) is 23.4 Å². The molecule has 0 aromatic heterocycles. The molecule has 4 unspecified atom stereocenters. The molecule has 17 heteroatoms. The molecule has 7 N–H and O–H groups in total. The van der Waals surface area contributed by atoms with E-state index in [1.807, 2.05) is 18.2 Å². The number of epoxide rings is 2. The molecule has 2 aliphatic heterocycles. The SMILES string of the molecule is COC1C(OC(=O)NCCOCCOCCNC(=O)CNN[C@@H](Cc2ccccc2)C(=O)C(=O)CNC(=O)CN)CC[C@]2(CO2)C1C1(C)O[C@@H]1CC=C(C)C. The van der Waals surface area contributed by atoms with E-state index in [4.69, 9.17) is 34.2 Å². The molecule has 2 saturated heterocycles. The van der Waals surface area contributed by atoms with Gasteiger partial charge >= 0.3 is 6.09 Å². The summed E-state index contributed by atoms with van der Waals surface area (Å²) in [5.41, 5.74) is 12.0. The normalized spacial score (nSPS) is 25.7. The zero-order valence-electron chi connectivity index (χ0n) is 32.3. The Morgan fingerprint density at radius 2 is 1.65 bits per heavy atom. The first-order valence-corrected chi connectivity index (χ1v) is 18.8. The highest BCUT2D eigenvalue weighted by Gasteiger charge is 2.72. The van der Waals surface area contributed by atoms with Crippen molar-refractivity contribution in [1.82, 2.24) is 26.8 Å².